The molecule has 1 aliphatic carbocycles. The monoisotopic (exact) mass is 199 g/mol. The van der Waals surface area contributed by atoms with Crippen LogP contribution in [0.25, 0.3) is 0 Å². The van der Waals surface area contributed by atoms with Gasteiger partial charge in [-0.2, -0.15) is 0 Å². The Labute approximate surface area is 85.7 Å². The van der Waals surface area contributed by atoms with Crippen molar-refractivity contribution >= 4 is 5.97 Å². The van der Waals surface area contributed by atoms with Crippen molar-refractivity contribution in [3.05, 3.63) is 0 Å². The minimum absolute atomic E-state index is 0.110. The van der Waals surface area contributed by atoms with Gasteiger partial charge in [0.25, 0.3) is 0 Å². The van der Waals surface area contributed by atoms with E-state index in [0.29, 0.717) is 18.4 Å². The molecular formula is C11H21NO2. The van der Waals surface area contributed by atoms with Crippen LogP contribution < -0.4 is 5.73 Å². The van der Waals surface area contributed by atoms with Crippen LogP contribution in [0.2, 0.25) is 0 Å². The van der Waals surface area contributed by atoms with Gasteiger partial charge in [0.2, 0.25) is 0 Å². The van der Waals surface area contributed by atoms with Crippen LogP contribution in [-0.2, 0) is 4.79 Å². The molecule has 1 rings (SSSR count). The largest absolute Gasteiger partial charge is 0.481 e. The van der Waals surface area contributed by atoms with E-state index in [4.69, 9.17) is 10.8 Å². The van der Waals surface area contributed by atoms with Crippen molar-refractivity contribution in [1.29, 1.82) is 0 Å². The van der Waals surface area contributed by atoms with Gasteiger partial charge < -0.3 is 10.8 Å². The Morgan fingerprint density at radius 1 is 1.64 bits per heavy atom. The molecule has 0 radical (unpaired) electrons. The summed E-state index contributed by atoms with van der Waals surface area (Å²) in [5.41, 5.74) is 5.61. The van der Waals surface area contributed by atoms with Crippen LogP contribution in [0, 0.1) is 17.3 Å². The van der Waals surface area contributed by atoms with Crippen molar-refractivity contribution in [3.8, 4) is 0 Å². The molecule has 1 fully saturated rings. The molecule has 0 aromatic heterocycles. The first-order valence-corrected chi connectivity index (χ1v) is 5.41. The summed E-state index contributed by atoms with van der Waals surface area (Å²) < 4.78 is 0. The van der Waals surface area contributed by atoms with Crippen molar-refractivity contribution in [3.63, 3.8) is 0 Å². The zero-order valence-corrected chi connectivity index (χ0v) is 9.12. The molecule has 1 aliphatic rings. The van der Waals surface area contributed by atoms with Gasteiger partial charge in [-0.1, -0.05) is 13.8 Å². The number of carboxylic acids is 1. The van der Waals surface area contributed by atoms with E-state index in [1.54, 1.807) is 0 Å². The van der Waals surface area contributed by atoms with Crippen LogP contribution in [0.3, 0.4) is 0 Å². The number of hydrogen-bond donors (Lipinski definition) is 2. The molecule has 0 aromatic carbocycles. The maximum atomic E-state index is 10.7. The van der Waals surface area contributed by atoms with Gasteiger partial charge >= 0.3 is 5.97 Å². The summed E-state index contributed by atoms with van der Waals surface area (Å²) in [7, 11) is 0. The topological polar surface area (TPSA) is 63.3 Å². The Kier molecular flexibility index (Phi) is 3.53. The van der Waals surface area contributed by atoms with E-state index in [1.807, 2.05) is 0 Å². The third kappa shape index (κ3) is 2.47. The predicted molar refractivity (Wildman–Crippen MR) is 55.9 cm³/mol. The fourth-order valence-corrected chi connectivity index (χ4v) is 2.56. The summed E-state index contributed by atoms with van der Waals surface area (Å²) in [5.74, 6) is 0.606. The lowest BCUT2D eigenvalue weighted by Crippen LogP contribution is -2.30. The van der Waals surface area contributed by atoms with Gasteiger partial charge in [0.05, 0.1) is 6.42 Å². The van der Waals surface area contributed by atoms with E-state index < -0.39 is 5.97 Å². The third-order valence-corrected chi connectivity index (χ3v) is 3.64. The first-order chi connectivity index (χ1) is 6.49. The number of aliphatic carboxylic acids is 1. The Balaban J connectivity index is 2.61. The van der Waals surface area contributed by atoms with Gasteiger partial charge in [-0.3, -0.25) is 4.79 Å². The summed E-state index contributed by atoms with van der Waals surface area (Å²) in [5, 5.41) is 8.84. The summed E-state index contributed by atoms with van der Waals surface area (Å²) in [6, 6.07) is 0. The molecule has 14 heavy (non-hydrogen) atoms. The molecule has 0 aromatic rings. The summed E-state index contributed by atoms with van der Waals surface area (Å²) in [6.45, 7) is 4.93. The van der Waals surface area contributed by atoms with Crippen LogP contribution >= 0.6 is 0 Å². The zero-order chi connectivity index (χ0) is 10.8. The standard InChI is InChI=1S/C11H21NO2/c1-8(2)9-3-4-11(5-9,7-12)6-10(13)14/h8-9H,3-7,12H2,1-2H3,(H,13,14)/t9-,11+/m0/s1. The molecule has 0 aliphatic heterocycles. The fraction of sp³-hybridized carbons (Fsp3) is 0.909. The van der Waals surface area contributed by atoms with Gasteiger partial charge in [0.1, 0.15) is 0 Å². The molecule has 0 heterocycles. The highest BCUT2D eigenvalue weighted by molar-refractivity contribution is 5.67. The molecule has 2 atom stereocenters. The van der Waals surface area contributed by atoms with E-state index in [1.165, 1.54) is 0 Å². The number of rotatable bonds is 4. The normalized spacial score (nSPS) is 32.4. The van der Waals surface area contributed by atoms with Crippen molar-refractivity contribution in [2.75, 3.05) is 6.54 Å². The number of carboxylic acid groups (broad SMARTS) is 1. The molecule has 3 nitrogen and oxygen atoms in total. The Bertz CT molecular complexity index is 215. The average molecular weight is 199 g/mol. The van der Waals surface area contributed by atoms with Crippen LogP contribution in [0.5, 0.6) is 0 Å². The van der Waals surface area contributed by atoms with E-state index in [0.717, 1.165) is 19.3 Å². The third-order valence-electron chi connectivity index (χ3n) is 3.64. The summed E-state index contributed by atoms with van der Waals surface area (Å²) >= 11 is 0. The van der Waals surface area contributed by atoms with Crippen molar-refractivity contribution in [1.82, 2.24) is 0 Å². The molecule has 0 saturated heterocycles. The van der Waals surface area contributed by atoms with Gasteiger partial charge in [-0.05, 0) is 43.1 Å². The van der Waals surface area contributed by atoms with E-state index in [9.17, 15) is 4.79 Å². The highest BCUT2D eigenvalue weighted by Gasteiger charge is 2.40. The minimum atomic E-state index is -0.708. The highest BCUT2D eigenvalue weighted by atomic mass is 16.4. The number of carbonyl (C=O) groups is 1. The Morgan fingerprint density at radius 3 is 2.64 bits per heavy atom. The summed E-state index contributed by atoms with van der Waals surface area (Å²) in [6.07, 6.45) is 3.36. The number of nitrogens with two attached hydrogens (primary N) is 1. The lowest BCUT2D eigenvalue weighted by atomic mass is 9.80. The molecule has 0 unspecified atom stereocenters. The van der Waals surface area contributed by atoms with Crippen molar-refractivity contribution in [2.45, 2.75) is 39.5 Å². The van der Waals surface area contributed by atoms with E-state index in [-0.39, 0.29) is 11.8 Å². The molecular weight excluding hydrogens is 178 g/mol. The van der Waals surface area contributed by atoms with Crippen LogP contribution in [0.1, 0.15) is 39.5 Å². The van der Waals surface area contributed by atoms with E-state index >= 15 is 0 Å². The Morgan fingerprint density at radius 2 is 2.29 bits per heavy atom. The number of hydrogen-bond acceptors (Lipinski definition) is 2. The van der Waals surface area contributed by atoms with Gasteiger partial charge in [0, 0.05) is 0 Å². The second-order valence-corrected chi connectivity index (χ2v) is 5.02. The second kappa shape index (κ2) is 4.30. The van der Waals surface area contributed by atoms with Crippen LogP contribution in [0.4, 0.5) is 0 Å². The minimum Gasteiger partial charge on any atom is -0.481 e. The quantitative estimate of drug-likeness (QED) is 0.726. The SMILES string of the molecule is CC(C)[C@H]1CC[C@](CN)(CC(=O)O)C1. The van der Waals surface area contributed by atoms with E-state index in [2.05, 4.69) is 13.8 Å². The zero-order valence-electron chi connectivity index (χ0n) is 9.12. The Hall–Kier alpha value is -0.570. The molecule has 3 heteroatoms. The van der Waals surface area contributed by atoms with Crippen LogP contribution in [-0.4, -0.2) is 17.6 Å². The first-order valence-electron chi connectivity index (χ1n) is 5.41. The second-order valence-electron chi connectivity index (χ2n) is 5.02. The lowest BCUT2D eigenvalue weighted by molar-refractivity contribution is -0.139. The maximum Gasteiger partial charge on any atom is 0.303 e. The lowest BCUT2D eigenvalue weighted by Gasteiger charge is -2.26. The van der Waals surface area contributed by atoms with Gasteiger partial charge in [-0.25, -0.2) is 0 Å². The van der Waals surface area contributed by atoms with Gasteiger partial charge in [-0.15, -0.1) is 0 Å². The fourth-order valence-electron chi connectivity index (χ4n) is 2.56. The average Bonchev–Trinajstić information content (AvgIpc) is 2.49. The van der Waals surface area contributed by atoms with Crippen LogP contribution in [0.15, 0.2) is 0 Å². The molecule has 1 saturated carbocycles. The van der Waals surface area contributed by atoms with Crippen molar-refractivity contribution < 1.29 is 9.90 Å². The van der Waals surface area contributed by atoms with Crippen molar-refractivity contribution in [2.24, 2.45) is 23.0 Å². The molecule has 82 valence electrons. The molecule has 0 spiro atoms. The maximum absolute atomic E-state index is 10.7. The molecule has 3 N–H and O–H groups in total. The predicted octanol–water partition coefficient (Wildman–Crippen LogP) is 1.86. The smallest absolute Gasteiger partial charge is 0.303 e. The molecule has 0 bridgehead atoms. The summed E-state index contributed by atoms with van der Waals surface area (Å²) in [4.78, 5) is 10.7. The highest BCUT2D eigenvalue weighted by Crippen LogP contribution is 2.46. The first kappa shape index (κ1) is 11.5. The van der Waals surface area contributed by atoms with Gasteiger partial charge in [0.15, 0.2) is 0 Å². The molecule has 0 amide bonds.